The van der Waals surface area contributed by atoms with Crippen molar-refractivity contribution in [3.05, 3.63) is 70.8 Å². The number of nitrogens with one attached hydrogen (secondary N) is 1. The number of esters is 1. The molecule has 0 spiro atoms. The van der Waals surface area contributed by atoms with Gasteiger partial charge in [0.05, 0.1) is 12.2 Å². The van der Waals surface area contributed by atoms with Crippen LogP contribution in [0.2, 0.25) is 0 Å². The van der Waals surface area contributed by atoms with Gasteiger partial charge in [0, 0.05) is 11.3 Å². The fourth-order valence-corrected chi connectivity index (χ4v) is 2.03. The Hall–Kier alpha value is -3.53. The molecule has 2 aromatic carbocycles. The van der Waals surface area contributed by atoms with Crippen LogP contribution in [0.4, 0.5) is 14.5 Å². The third kappa shape index (κ3) is 4.74. The molecule has 0 fully saturated rings. The van der Waals surface area contributed by atoms with Crippen molar-refractivity contribution in [2.75, 3.05) is 11.9 Å². The minimum atomic E-state index is -0.792. The molecule has 1 N–H and O–H groups in total. The first-order valence-corrected chi connectivity index (χ1v) is 7.60. The molecule has 0 aliphatic rings. The number of carbonyl (C=O) groups is 2. The van der Waals surface area contributed by atoms with Crippen LogP contribution < -0.4 is 5.32 Å². The number of anilines is 1. The summed E-state index contributed by atoms with van der Waals surface area (Å²) in [6, 6.07) is 10.2. The number of hydrogen-bond donors (Lipinski definition) is 1. The molecule has 0 saturated heterocycles. The second-order valence-corrected chi connectivity index (χ2v) is 5.09. The lowest BCUT2D eigenvalue weighted by atomic mass is 10.1. The smallest absolute Gasteiger partial charge is 0.338 e. The molecule has 2 rings (SSSR count). The van der Waals surface area contributed by atoms with Crippen molar-refractivity contribution in [2.45, 2.75) is 6.92 Å². The third-order valence-electron chi connectivity index (χ3n) is 3.28. The minimum absolute atomic E-state index is 0.214. The van der Waals surface area contributed by atoms with Crippen molar-refractivity contribution in [1.29, 1.82) is 5.26 Å². The highest BCUT2D eigenvalue weighted by Crippen LogP contribution is 2.16. The van der Waals surface area contributed by atoms with Crippen molar-refractivity contribution in [1.82, 2.24) is 0 Å². The van der Waals surface area contributed by atoms with E-state index in [9.17, 15) is 18.4 Å². The van der Waals surface area contributed by atoms with E-state index in [0.717, 1.165) is 24.3 Å². The minimum Gasteiger partial charge on any atom is -0.462 e. The Morgan fingerprint density at radius 3 is 2.50 bits per heavy atom. The number of nitrogens with zero attached hydrogens (tertiary/aromatic N) is 1. The van der Waals surface area contributed by atoms with Gasteiger partial charge in [-0.1, -0.05) is 0 Å². The Labute approximate surface area is 148 Å². The summed E-state index contributed by atoms with van der Waals surface area (Å²) in [6.45, 7) is 1.92. The van der Waals surface area contributed by atoms with E-state index in [1.807, 2.05) is 0 Å². The molecule has 26 heavy (non-hydrogen) atoms. The number of halogens is 2. The number of benzene rings is 2. The van der Waals surface area contributed by atoms with Gasteiger partial charge in [-0.15, -0.1) is 0 Å². The second-order valence-electron chi connectivity index (χ2n) is 5.09. The first-order valence-electron chi connectivity index (χ1n) is 7.60. The van der Waals surface area contributed by atoms with Crippen molar-refractivity contribution in [3.63, 3.8) is 0 Å². The summed E-state index contributed by atoms with van der Waals surface area (Å²) in [5, 5.41) is 11.6. The Bertz CT molecular complexity index is 900. The molecule has 0 atom stereocenters. The Kier molecular flexibility index (Phi) is 6.17. The first kappa shape index (κ1) is 18.8. The van der Waals surface area contributed by atoms with Crippen molar-refractivity contribution < 1.29 is 23.1 Å². The van der Waals surface area contributed by atoms with Crippen LogP contribution in [0, 0.1) is 23.0 Å². The second kappa shape index (κ2) is 8.53. The van der Waals surface area contributed by atoms with E-state index < -0.39 is 29.1 Å². The fraction of sp³-hybridized carbons (Fsp3) is 0.105. The average Bonchev–Trinajstić information content (AvgIpc) is 2.63. The molecule has 0 bridgehead atoms. The monoisotopic (exact) mass is 356 g/mol. The molecule has 0 heterocycles. The highest BCUT2D eigenvalue weighted by molar-refractivity contribution is 6.09. The number of ether oxygens (including phenoxy) is 1. The molecular weight excluding hydrogens is 342 g/mol. The van der Waals surface area contributed by atoms with Crippen LogP contribution in [0.25, 0.3) is 6.08 Å². The highest BCUT2D eigenvalue weighted by atomic mass is 19.1. The van der Waals surface area contributed by atoms with Gasteiger partial charge in [0.25, 0.3) is 5.91 Å². The SMILES string of the molecule is CCOC(=O)c1ccc(NC(=O)/C(C#N)=C/c2cc(F)ccc2F)cc1. The topological polar surface area (TPSA) is 79.2 Å². The van der Waals surface area contributed by atoms with Crippen LogP contribution in [-0.2, 0) is 9.53 Å². The summed E-state index contributed by atoms with van der Waals surface area (Å²) in [7, 11) is 0. The molecule has 132 valence electrons. The van der Waals surface area contributed by atoms with Crippen LogP contribution in [0.1, 0.15) is 22.8 Å². The molecule has 0 aliphatic heterocycles. The number of rotatable bonds is 5. The molecule has 0 aromatic heterocycles. The van der Waals surface area contributed by atoms with Crippen LogP contribution in [0.5, 0.6) is 0 Å². The molecule has 7 heteroatoms. The predicted molar refractivity (Wildman–Crippen MR) is 91.0 cm³/mol. The molecule has 2 aromatic rings. The lowest BCUT2D eigenvalue weighted by molar-refractivity contribution is -0.112. The lowest BCUT2D eigenvalue weighted by Crippen LogP contribution is -2.14. The van der Waals surface area contributed by atoms with Gasteiger partial charge < -0.3 is 10.1 Å². The highest BCUT2D eigenvalue weighted by Gasteiger charge is 2.12. The number of amides is 1. The van der Waals surface area contributed by atoms with Crippen LogP contribution in [0.15, 0.2) is 48.0 Å². The summed E-state index contributed by atoms with van der Waals surface area (Å²) in [5.41, 5.74) is 0.0185. The van der Waals surface area contributed by atoms with Crippen molar-refractivity contribution in [2.24, 2.45) is 0 Å². The standard InChI is InChI=1S/C19H14F2N2O3/c1-2-26-19(25)12-3-6-16(7-4-12)23-18(24)14(11-22)9-13-10-15(20)5-8-17(13)21/h3-10H,2H2,1H3,(H,23,24)/b14-9+. The molecule has 0 radical (unpaired) electrons. The molecule has 5 nitrogen and oxygen atoms in total. The molecule has 1 amide bonds. The third-order valence-corrected chi connectivity index (χ3v) is 3.28. The van der Waals surface area contributed by atoms with Crippen LogP contribution in [-0.4, -0.2) is 18.5 Å². The number of nitriles is 1. The molecule has 0 aliphatic carbocycles. The van der Waals surface area contributed by atoms with E-state index in [0.29, 0.717) is 11.3 Å². The van der Waals surface area contributed by atoms with E-state index >= 15 is 0 Å². The van der Waals surface area contributed by atoms with Gasteiger partial charge in [0.2, 0.25) is 0 Å². The zero-order valence-electron chi connectivity index (χ0n) is 13.8. The average molecular weight is 356 g/mol. The van der Waals surface area contributed by atoms with Gasteiger partial charge in [0.15, 0.2) is 0 Å². The van der Waals surface area contributed by atoms with Gasteiger partial charge in [-0.05, 0) is 55.5 Å². The largest absolute Gasteiger partial charge is 0.462 e. The number of hydrogen-bond acceptors (Lipinski definition) is 4. The summed E-state index contributed by atoms with van der Waals surface area (Å²) in [4.78, 5) is 23.7. The van der Waals surface area contributed by atoms with Gasteiger partial charge in [-0.2, -0.15) is 5.26 Å². The fourth-order valence-electron chi connectivity index (χ4n) is 2.03. The lowest BCUT2D eigenvalue weighted by Gasteiger charge is -2.06. The van der Waals surface area contributed by atoms with E-state index in [1.165, 1.54) is 24.3 Å². The normalized spacial score (nSPS) is 10.8. The maximum atomic E-state index is 13.6. The molecule has 0 saturated carbocycles. The Morgan fingerprint density at radius 1 is 1.19 bits per heavy atom. The zero-order chi connectivity index (χ0) is 19.1. The van der Waals surface area contributed by atoms with E-state index in [-0.39, 0.29) is 12.2 Å². The first-order chi connectivity index (χ1) is 12.4. The van der Waals surface area contributed by atoms with Crippen molar-refractivity contribution >= 4 is 23.6 Å². The zero-order valence-corrected chi connectivity index (χ0v) is 13.8. The van der Waals surface area contributed by atoms with E-state index in [4.69, 9.17) is 10.00 Å². The number of carbonyl (C=O) groups excluding carboxylic acids is 2. The molecular formula is C19H14F2N2O3. The maximum Gasteiger partial charge on any atom is 0.338 e. The predicted octanol–water partition coefficient (Wildman–Crippen LogP) is 3.69. The summed E-state index contributed by atoms with van der Waals surface area (Å²) in [6.07, 6.45) is 0.959. The maximum absolute atomic E-state index is 13.6. The van der Waals surface area contributed by atoms with Gasteiger partial charge in [-0.3, -0.25) is 4.79 Å². The molecule has 0 unspecified atom stereocenters. The van der Waals surface area contributed by atoms with Crippen LogP contribution in [0.3, 0.4) is 0 Å². The van der Waals surface area contributed by atoms with Gasteiger partial charge in [0.1, 0.15) is 23.3 Å². The summed E-state index contributed by atoms with van der Waals surface area (Å²) < 4.78 is 31.7. The van der Waals surface area contributed by atoms with Gasteiger partial charge in [-0.25, -0.2) is 13.6 Å². The summed E-state index contributed by atoms with van der Waals surface area (Å²) in [5.74, 6) is -2.74. The van der Waals surface area contributed by atoms with Crippen molar-refractivity contribution in [3.8, 4) is 6.07 Å². The quantitative estimate of drug-likeness (QED) is 0.503. The Morgan fingerprint density at radius 2 is 1.88 bits per heavy atom. The van der Waals surface area contributed by atoms with E-state index in [1.54, 1.807) is 13.0 Å². The van der Waals surface area contributed by atoms with Crippen LogP contribution >= 0.6 is 0 Å². The van der Waals surface area contributed by atoms with Gasteiger partial charge >= 0.3 is 5.97 Å². The van der Waals surface area contributed by atoms with E-state index in [2.05, 4.69) is 5.32 Å². The Balaban J connectivity index is 2.17. The summed E-state index contributed by atoms with van der Waals surface area (Å²) >= 11 is 0.